The van der Waals surface area contributed by atoms with Crippen molar-refractivity contribution in [3.8, 4) is 0 Å². The maximum Gasteiger partial charge on any atom is 0.225 e. The molecule has 2 amide bonds. The molecule has 1 aromatic carbocycles. The van der Waals surface area contributed by atoms with E-state index in [-0.39, 0.29) is 36.2 Å². The molecule has 2 fully saturated rings. The van der Waals surface area contributed by atoms with Crippen molar-refractivity contribution in [3.05, 3.63) is 35.4 Å². The second-order valence-corrected chi connectivity index (χ2v) is 7.20. The molecule has 0 spiro atoms. The molecule has 0 aromatic heterocycles. The van der Waals surface area contributed by atoms with Crippen LogP contribution in [0.1, 0.15) is 36.8 Å². The number of carbonyl (C=O) groups is 2. The highest BCUT2D eigenvalue weighted by Gasteiger charge is 2.36. The number of benzene rings is 1. The Labute approximate surface area is 155 Å². The summed E-state index contributed by atoms with van der Waals surface area (Å²) >= 11 is 0. The monoisotopic (exact) mass is 365 g/mol. The van der Waals surface area contributed by atoms with Gasteiger partial charge in [0.1, 0.15) is 0 Å². The van der Waals surface area contributed by atoms with Gasteiger partial charge in [0.25, 0.3) is 0 Å². The fraction of sp³-hybridized carbons (Fsp3) is 0.579. The van der Waals surface area contributed by atoms with E-state index in [1.807, 2.05) is 31.2 Å². The lowest BCUT2D eigenvalue weighted by Gasteiger charge is -2.22. The molecule has 0 radical (unpaired) electrons. The standard InChI is InChI=1S/C19H27N3O2.ClH/c1-13-5-7-14(8-6-13)11-22-12-16(9-18(22)23)19(24)21-17-4-2-3-15(17)10-20;/h5-8,15-17H,2-4,9-12,20H2,1H3,(H,21,24);1H. The van der Waals surface area contributed by atoms with Gasteiger partial charge in [-0.1, -0.05) is 36.2 Å². The molecule has 1 aliphatic carbocycles. The highest BCUT2D eigenvalue weighted by atomic mass is 35.5. The summed E-state index contributed by atoms with van der Waals surface area (Å²) in [6.07, 6.45) is 3.53. The third-order valence-electron chi connectivity index (χ3n) is 5.37. The van der Waals surface area contributed by atoms with E-state index in [9.17, 15) is 9.59 Å². The van der Waals surface area contributed by atoms with E-state index in [1.54, 1.807) is 4.90 Å². The van der Waals surface area contributed by atoms with E-state index in [0.29, 0.717) is 32.0 Å². The Hall–Kier alpha value is -1.59. The Kier molecular flexibility index (Phi) is 6.85. The summed E-state index contributed by atoms with van der Waals surface area (Å²) in [4.78, 5) is 26.6. The quantitative estimate of drug-likeness (QED) is 0.838. The number of nitrogens with zero attached hydrogens (tertiary/aromatic N) is 1. The summed E-state index contributed by atoms with van der Waals surface area (Å²) in [5.41, 5.74) is 8.09. The van der Waals surface area contributed by atoms with Crippen molar-refractivity contribution in [3.63, 3.8) is 0 Å². The Morgan fingerprint density at radius 1 is 1.28 bits per heavy atom. The van der Waals surface area contributed by atoms with Gasteiger partial charge in [-0.15, -0.1) is 12.4 Å². The third kappa shape index (κ3) is 4.73. The van der Waals surface area contributed by atoms with E-state index in [4.69, 9.17) is 5.73 Å². The van der Waals surface area contributed by atoms with Crippen molar-refractivity contribution < 1.29 is 9.59 Å². The molecule has 6 heteroatoms. The largest absolute Gasteiger partial charge is 0.353 e. The van der Waals surface area contributed by atoms with Crippen LogP contribution in [0.25, 0.3) is 0 Å². The average Bonchev–Trinajstić information content (AvgIpc) is 3.16. The number of amides is 2. The smallest absolute Gasteiger partial charge is 0.225 e. The zero-order chi connectivity index (χ0) is 17.1. The number of hydrogen-bond donors (Lipinski definition) is 2. The summed E-state index contributed by atoms with van der Waals surface area (Å²) in [6, 6.07) is 8.37. The molecule has 3 atom stereocenters. The molecule has 5 nitrogen and oxygen atoms in total. The van der Waals surface area contributed by atoms with Crippen molar-refractivity contribution in [1.29, 1.82) is 0 Å². The Morgan fingerprint density at radius 2 is 2.00 bits per heavy atom. The minimum Gasteiger partial charge on any atom is -0.353 e. The van der Waals surface area contributed by atoms with Crippen LogP contribution in [0.4, 0.5) is 0 Å². The van der Waals surface area contributed by atoms with Crippen molar-refractivity contribution in [2.75, 3.05) is 13.1 Å². The maximum atomic E-state index is 12.5. The van der Waals surface area contributed by atoms with Crippen LogP contribution >= 0.6 is 12.4 Å². The molecule has 2 aliphatic rings. The Bertz CT molecular complexity index is 605. The topological polar surface area (TPSA) is 75.4 Å². The summed E-state index contributed by atoms with van der Waals surface area (Å²) < 4.78 is 0. The van der Waals surface area contributed by atoms with Gasteiger partial charge in [0, 0.05) is 25.6 Å². The SMILES string of the molecule is Cc1ccc(CN2CC(C(=O)NC3CCCC3CN)CC2=O)cc1.Cl. The number of rotatable bonds is 5. The van der Waals surface area contributed by atoms with Crippen molar-refractivity contribution in [1.82, 2.24) is 10.2 Å². The van der Waals surface area contributed by atoms with Gasteiger partial charge in [0.15, 0.2) is 0 Å². The molecule has 1 aliphatic heterocycles. The van der Waals surface area contributed by atoms with Crippen LogP contribution in [0.3, 0.4) is 0 Å². The lowest BCUT2D eigenvalue weighted by molar-refractivity contribution is -0.129. The molecule has 3 N–H and O–H groups in total. The van der Waals surface area contributed by atoms with E-state index in [2.05, 4.69) is 5.32 Å². The number of likely N-dealkylation sites (tertiary alicyclic amines) is 1. The number of nitrogens with one attached hydrogen (secondary N) is 1. The molecule has 138 valence electrons. The van der Waals surface area contributed by atoms with Gasteiger partial charge < -0.3 is 16.0 Å². The highest BCUT2D eigenvalue weighted by molar-refractivity contribution is 5.89. The lowest BCUT2D eigenvalue weighted by Crippen LogP contribution is -2.43. The van der Waals surface area contributed by atoms with Gasteiger partial charge in [-0.25, -0.2) is 0 Å². The second-order valence-electron chi connectivity index (χ2n) is 7.20. The summed E-state index contributed by atoms with van der Waals surface area (Å²) in [6.45, 7) is 3.76. The Balaban J connectivity index is 0.00000225. The summed E-state index contributed by atoms with van der Waals surface area (Å²) in [7, 11) is 0. The predicted octanol–water partition coefficient (Wildman–Crippen LogP) is 2.01. The molecule has 1 saturated heterocycles. The van der Waals surface area contributed by atoms with Crippen LogP contribution in [0.5, 0.6) is 0 Å². The van der Waals surface area contributed by atoms with E-state index in [0.717, 1.165) is 24.8 Å². The van der Waals surface area contributed by atoms with Crippen LogP contribution in [0, 0.1) is 18.8 Å². The first kappa shape index (κ1) is 19.7. The first-order valence-corrected chi connectivity index (χ1v) is 8.90. The second kappa shape index (κ2) is 8.68. The van der Waals surface area contributed by atoms with Crippen LogP contribution in [0.2, 0.25) is 0 Å². The molecular weight excluding hydrogens is 338 g/mol. The summed E-state index contributed by atoms with van der Waals surface area (Å²) in [5, 5.41) is 3.14. The number of nitrogens with two attached hydrogens (primary N) is 1. The molecule has 1 aromatic rings. The van der Waals surface area contributed by atoms with Crippen LogP contribution in [-0.2, 0) is 16.1 Å². The molecule has 3 rings (SSSR count). The number of carbonyl (C=O) groups excluding carboxylic acids is 2. The van der Waals surface area contributed by atoms with Crippen LogP contribution in [0.15, 0.2) is 24.3 Å². The van der Waals surface area contributed by atoms with Crippen LogP contribution in [-0.4, -0.2) is 35.8 Å². The molecule has 3 unspecified atom stereocenters. The zero-order valence-electron chi connectivity index (χ0n) is 14.7. The summed E-state index contributed by atoms with van der Waals surface area (Å²) in [5.74, 6) is 0.231. The van der Waals surface area contributed by atoms with Gasteiger partial charge in [-0.3, -0.25) is 9.59 Å². The lowest BCUT2D eigenvalue weighted by atomic mass is 10.0. The predicted molar refractivity (Wildman–Crippen MR) is 100 cm³/mol. The van der Waals surface area contributed by atoms with E-state index in [1.165, 1.54) is 5.56 Å². The first-order chi connectivity index (χ1) is 11.6. The fourth-order valence-electron chi connectivity index (χ4n) is 3.82. The number of aryl methyl sites for hydroxylation is 1. The molecule has 25 heavy (non-hydrogen) atoms. The maximum absolute atomic E-state index is 12.5. The van der Waals surface area contributed by atoms with E-state index < -0.39 is 0 Å². The average molecular weight is 366 g/mol. The first-order valence-electron chi connectivity index (χ1n) is 8.90. The number of halogens is 1. The minimum atomic E-state index is -0.234. The molecular formula is C19H28ClN3O2. The van der Waals surface area contributed by atoms with Gasteiger partial charge in [0.2, 0.25) is 11.8 Å². The van der Waals surface area contributed by atoms with Gasteiger partial charge in [0.05, 0.1) is 5.92 Å². The fourth-order valence-corrected chi connectivity index (χ4v) is 3.82. The third-order valence-corrected chi connectivity index (χ3v) is 5.37. The van der Waals surface area contributed by atoms with Gasteiger partial charge >= 0.3 is 0 Å². The molecule has 1 saturated carbocycles. The normalized spacial score (nSPS) is 25.8. The zero-order valence-corrected chi connectivity index (χ0v) is 15.6. The Morgan fingerprint density at radius 3 is 2.68 bits per heavy atom. The molecule has 0 bridgehead atoms. The number of hydrogen-bond acceptors (Lipinski definition) is 3. The van der Waals surface area contributed by atoms with Gasteiger partial charge in [-0.05, 0) is 37.8 Å². The highest BCUT2D eigenvalue weighted by Crippen LogP contribution is 2.26. The van der Waals surface area contributed by atoms with Crippen LogP contribution < -0.4 is 11.1 Å². The van der Waals surface area contributed by atoms with Crippen molar-refractivity contribution in [2.24, 2.45) is 17.6 Å². The minimum absolute atomic E-state index is 0. The van der Waals surface area contributed by atoms with Gasteiger partial charge in [-0.2, -0.15) is 0 Å². The van der Waals surface area contributed by atoms with Crippen molar-refractivity contribution in [2.45, 2.75) is 45.2 Å². The van der Waals surface area contributed by atoms with Crippen molar-refractivity contribution >= 4 is 24.2 Å². The van der Waals surface area contributed by atoms with E-state index >= 15 is 0 Å². The molecule has 1 heterocycles.